The lowest BCUT2D eigenvalue weighted by atomic mass is 10.1. The van der Waals surface area contributed by atoms with E-state index in [0.717, 1.165) is 11.3 Å². The maximum absolute atomic E-state index is 12.7. The molecule has 0 aliphatic heterocycles. The predicted octanol–water partition coefficient (Wildman–Crippen LogP) is 4.09. The van der Waals surface area contributed by atoms with Gasteiger partial charge in [-0.05, 0) is 57.2 Å². The van der Waals surface area contributed by atoms with Crippen molar-refractivity contribution in [2.75, 3.05) is 26.9 Å². The van der Waals surface area contributed by atoms with E-state index in [0.29, 0.717) is 42.1 Å². The zero-order valence-corrected chi connectivity index (χ0v) is 20.3. The number of benzene rings is 2. The minimum absolute atomic E-state index is 0.188. The van der Waals surface area contributed by atoms with Gasteiger partial charge in [-0.1, -0.05) is 0 Å². The van der Waals surface area contributed by atoms with Gasteiger partial charge in [0.2, 0.25) is 5.75 Å². The Bertz CT molecular complexity index is 1100. The van der Waals surface area contributed by atoms with E-state index >= 15 is 0 Å². The lowest BCUT2D eigenvalue weighted by Gasteiger charge is -2.17. The second-order valence-electron chi connectivity index (χ2n) is 6.78. The van der Waals surface area contributed by atoms with Gasteiger partial charge in [0.05, 0.1) is 26.9 Å². The summed E-state index contributed by atoms with van der Waals surface area (Å²) in [6.07, 6.45) is 0. The summed E-state index contributed by atoms with van der Waals surface area (Å²) in [6.45, 7) is 6.68. The van der Waals surface area contributed by atoms with Crippen LogP contribution in [-0.2, 0) is 0 Å². The second-order valence-corrected chi connectivity index (χ2v) is 7.63. The standard InChI is InChI=1S/C24H27N3O6S/c1-5-31-19-12-16(13-20(32-6-2)21(19)33-7-3)22(28)26-27-23(29)18-14-34-24(25-18)15-8-10-17(30-4)11-9-15/h8-14H,5-7H2,1-4H3,(H,26,28)(H,27,29). The fraction of sp³-hybridized carbons (Fsp3) is 0.292. The van der Waals surface area contributed by atoms with E-state index in [9.17, 15) is 9.59 Å². The Morgan fingerprint density at radius 2 is 1.47 bits per heavy atom. The molecule has 0 aliphatic carbocycles. The van der Waals surface area contributed by atoms with Gasteiger partial charge in [-0.2, -0.15) is 0 Å². The van der Waals surface area contributed by atoms with E-state index in [1.807, 2.05) is 45.0 Å². The van der Waals surface area contributed by atoms with Crippen molar-refractivity contribution in [2.45, 2.75) is 20.8 Å². The molecule has 3 aromatic rings. The van der Waals surface area contributed by atoms with Gasteiger partial charge in [-0.15, -0.1) is 11.3 Å². The first kappa shape index (κ1) is 24.8. The van der Waals surface area contributed by atoms with Gasteiger partial charge < -0.3 is 18.9 Å². The van der Waals surface area contributed by atoms with Crippen LogP contribution in [0, 0.1) is 0 Å². The molecule has 2 amide bonds. The third-order valence-corrected chi connectivity index (χ3v) is 5.43. The molecule has 0 aliphatic rings. The molecule has 2 N–H and O–H groups in total. The number of amides is 2. The number of carbonyl (C=O) groups excluding carboxylic acids is 2. The summed E-state index contributed by atoms with van der Waals surface area (Å²) in [6, 6.07) is 10.4. The number of rotatable bonds is 10. The van der Waals surface area contributed by atoms with Crippen LogP contribution in [0.25, 0.3) is 10.6 Å². The quantitative estimate of drug-likeness (QED) is 0.417. The minimum Gasteiger partial charge on any atom is -0.497 e. The van der Waals surface area contributed by atoms with Gasteiger partial charge in [0.1, 0.15) is 16.5 Å². The van der Waals surface area contributed by atoms with Gasteiger partial charge in [0.25, 0.3) is 11.8 Å². The molecule has 0 bridgehead atoms. The first-order valence-electron chi connectivity index (χ1n) is 10.8. The van der Waals surface area contributed by atoms with Crippen LogP contribution in [0.15, 0.2) is 41.8 Å². The molecule has 34 heavy (non-hydrogen) atoms. The van der Waals surface area contributed by atoms with Crippen molar-refractivity contribution in [3.05, 3.63) is 53.0 Å². The number of hydrogen-bond donors (Lipinski definition) is 2. The third kappa shape index (κ3) is 5.96. The molecule has 2 aromatic carbocycles. The van der Waals surface area contributed by atoms with E-state index in [2.05, 4.69) is 15.8 Å². The molecule has 0 unspecified atom stereocenters. The number of aromatic nitrogens is 1. The van der Waals surface area contributed by atoms with Crippen LogP contribution in [0.4, 0.5) is 0 Å². The molecule has 0 spiro atoms. The van der Waals surface area contributed by atoms with E-state index in [1.54, 1.807) is 24.6 Å². The van der Waals surface area contributed by atoms with Crippen LogP contribution in [0.5, 0.6) is 23.0 Å². The van der Waals surface area contributed by atoms with Crippen LogP contribution in [-0.4, -0.2) is 43.7 Å². The molecule has 1 aromatic heterocycles. The van der Waals surface area contributed by atoms with Crippen LogP contribution in [0.3, 0.4) is 0 Å². The summed E-state index contributed by atoms with van der Waals surface area (Å²) in [5.74, 6) is 0.857. The van der Waals surface area contributed by atoms with Gasteiger partial charge in [-0.25, -0.2) is 4.98 Å². The van der Waals surface area contributed by atoms with E-state index < -0.39 is 11.8 Å². The summed E-state index contributed by atoms with van der Waals surface area (Å²) in [4.78, 5) is 29.6. The van der Waals surface area contributed by atoms with Gasteiger partial charge >= 0.3 is 0 Å². The topological polar surface area (TPSA) is 108 Å². The fourth-order valence-corrected chi connectivity index (χ4v) is 3.82. The molecule has 10 heteroatoms. The number of nitrogens with zero attached hydrogens (tertiary/aromatic N) is 1. The van der Waals surface area contributed by atoms with Crippen molar-refractivity contribution in [2.24, 2.45) is 0 Å². The van der Waals surface area contributed by atoms with E-state index in [4.69, 9.17) is 18.9 Å². The molecule has 9 nitrogen and oxygen atoms in total. The van der Waals surface area contributed by atoms with Crippen LogP contribution in [0.2, 0.25) is 0 Å². The van der Waals surface area contributed by atoms with Crippen LogP contribution in [0.1, 0.15) is 41.6 Å². The van der Waals surface area contributed by atoms with Crippen molar-refractivity contribution >= 4 is 23.2 Å². The number of hydrogen-bond acceptors (Lipinski definition) is 8. The highest BCUT2D eigenvalue weighted by molar-refractivity contribution is 7.13. The molecule has 0 saturated heterocycles. The number of carbonyl (C=O) groups is 2. The maximum Gasteiger partial charge on any atom is 0.289 e. The highest BCUT2D eigenvalue weighted by Gasteiger charge is 2.19. The second kappa shape index (κ2) is 11.9. The molecule has 180 valence electrons. The number of ether oxygens (including phenoxy) is 4. The van der Waals surface area contributed by atoms with Gasteiger partial charge in [0.15, 0.2) is 11.5 Å². The Kier molecular flexibility index (Phi) is 8.69. The van der Waals surface area contributed by atoms with Gasteiger partial charge in [0, 0.05) is 16.5 Å². The number of thiazole rings is 1. The summed E-state index contributed by atoms with van der Waals surface area (Å²) in [5, 5.41) is 2.30. The number of methoxy groups -OCH3 is 1. The zero-order valence-electron chi connectivity index (χ0n) is 19.5. The van der Waals surface area contributed by atoms with Crippen molar-refractivity contribution in [1.29, 1.82) is 0 Å². The minimum atomic E-state index is -0.538. The first-order valence-corrected chi connectivity index (χ1v) is 11.7. The summed E-state index contributed by atoms with van der Waals surface area (Å²) >= 11 is 1.32. The van der Waals surface area contributed by atoms with Crippen LogP contribution < -0.4 is 29.8 Å². The fourth-order valence-electron chi connectivity index (χ4n) is 3.01. The molecule has 3 rings (SSSR count). The van der Waals surface area contributed by atoms with Crippen molar-refractivity contribution in [1.82, 2.24) is 15.8 Å². The van der Waals surface area contributed by atoms with Crippen molar-refractivity contribution < 1.29 is 28.5 Å². The number of nitrogens with one attached hydrogen (secondary N) is 2. The van der Waals surface area contributed by atoms with Crippen molar-refractivity contribution in [3.8, 4) is 33.6 Å². The molecular weight excluding hydrogens is 458 g/mol. The Hall–Kier alpha value is -3.79. The molecule has 0 atom stereocenters. The summed E-state index contributed by atoms with van der Waals surface area (Å²) in [5.41, 5.74) is 6.09. The largest absolute Gasteiger partial charge is 0.497 e. The third-order valence-electron chi connectivity index (χ3n) is 4.53. The Labute approximate surface area is 202 Å². The molecule has 0 radical (unpaired) electrons. The Balaban J connectivity index is 1.71. The SMILES string of the molecule is CCOc1cc(C(=O)NNC(=O)c2csc(-c3ccc(OC)cc3)n2)cc(OCC)c1OCC. The summed E-state index contributed by atoms with van der Waals surface area (Å²) in [7, 11) is 1.59. The molecule has 0 saturated carbocycles. The van der Waals surface area contributed by atoms with E-state index in [-0.39, 0.29) is 11.3 Å². The molecular formula is C24H27N3O6S. The predicted molar refractivity (Wildman–Crippen MR) is 129 cm³/mol. The molecule has 1 heterocycles. The lowest BCUT2D eigenvalue weighted by Crippen LogP contribution is -2.41. The molecule has 0 fully saturated rings. The summed E-state index contributed by atoms with van der Waals surface area (Å²) < 4.78 is 22.1. The maximum atomic E-state index is 12.7. The van der Waals surface area contributed by atoms with Crippen LogP contribution >= 0.6 is 11.3 Å². The number of hydrazine groups is 1. The Morgan fingerprint density at radius 1 is 0.882 bits per heavy atom. The Morgan fingerprint density at radius 3 is 2.03 bits per heavy atom. The van der Waals surface area contributed by atoms with Gasteiger partial charge in [-0.3, -0.25) is 20.4 Å². The average molecular weight is 486 g/mol. The smallest absolute Gasteiger partial charge is 0.289 e. The zero-order chi connectivity index (χ0) is 24.5. The average Bonchev–Trinajstić information content (AvgIpc) is 3.35. The first-order chi connectivity index (χ1) is 16.5. The van der Waals surface area contributed by atoms with Crippen molar-refractivity contribution in [3.63, 3.8) is 0 Å². The highest BCUT2D eigenvalue weighted by Crippen LogP contribution is 2.39. The highest BCUT2D eigenvalue weighted by atomic mass is 32.1. The van der Waals surface area contributed by atoms with E-state index in [1.165, 1.54) is 11.3 Å². The normalized spacial score (nSPS) is 10.4. The monoisotopic (exact) mass is 485 g/mol. The lowest BCUT2D eigenvalue weighted by molar-refractivity contribution is 0.0844.